The highest BCUT2D eigenvalue weighted by Gasteiger charge is 2.24. The Hall–Kier alpha value is -2.55. The van der Waals surface area contributed by atoms with Crippen molar-refractivity contribution in [2.24, 2.45) is 0 Å². The molecule has 0 radical (unpaired) electrons. The van der Waals surface area contributed by atoms with Gasteiger partial charge < -0.3 is 10.1 Å². The van der Waals surface area contributed by atoms with Crippen molar-refractivity contribution >= 4 is 22.7 Å². The van der Waals surface area contributed by atoms with Gasteiger partial charge in [0, 0.05) is 6.07 Å². The number of rotatable bonds is 2. The lowest BCUT2D eigenvalue weighted by atomic mass is 10.1. The van der Waals surface area contributed by atoms with Gasteiger partial charge in [-0.3, -0.25) is 14.9 Å². The highest BCUT2D eigenvalue weighted by atomic mass is 16.6. The van der Waals surface area contributed by atoms with E-state index in [0.717, 1.165) is 13.0 Å². The van der Waals surface area contributed by atoms with Gasteiger partial charge in [0.1, 0.15) is 11.6 Å². The van der Waals surface area contributed by atoms with E-state index in [4.69, 9.17) is 0 Å². The third kappa shape index (κ3) is 2.88. The molecular weight excluding hydrogens is 268 g/mol. The zero-order valence-electron chi connectivity index (χ0n) is 10.6. The number of esters is 1. The minimum absolute atomic E-state index is 0.0139. The fraction of sp³-hybridized carbons (Fsp3) is 0.364. The lowest BCUT2D eigenvalue weighted by molar-refractivity contribution is -0.383. The molecule has 1 fully saturated rings. The number of methoxy groups -OCH3 is 1. The van der Waals surface area contributed by atoms with Crippen LogP contribution in [-0.4, -0.2) is 40.9 Å². The van der Waals surface area contributed by atoms with Gasteiger partial charge in [-0.2, -0.15) is 0 Å². The molecule has 3 rings (SSSR count). The zero-order valence-corrected chi connectivity index (χ0v) is 10.6. The summed E-state index contributed by atoms with van der Waals surface area (Å²) < 4.78 is 8.80. The molecule has 0 aliphatic carbocycles. The van der Waals surface area contributed by atoms with Crippen molar-refractivity contribution in [3.05, 3.63) is 28.3 Å². The molecule has 106 valence electrons. The Morgan fingerprint density at radius 3 is 2.80 bits per heavy atom. The van der Waals surface area contributed by atoms with Gasteiger partial charge in [0.25, 0.3) is 0 Å². The lowest BCUT2D eigenvalue weighted by Gasteiger charge is -2.24. The van der Waals surface area contributed by atoms with E-state index in [1.54, 1.807) is 6.07 Å². The first-order chi connectivity index (χ1) is 9.63. The predicted octanol–water partition coefficient (Wildman–Crippen LogP) is 0.652. The molecule has 1 atom stereocenters. The molecule has 1 aromatic carbocycles. The molecule has 0 spiro atoms. The standard InChI is InChI=1S/C6H3N3O3.C5H9NO2/c10-9(11)5-3-1-2-4-6(5)8-12-7-4;1-8-5(7)4-2-3-6-4/h1-3H;4,6H,2-3H2,1H3. The number of ether oxygens (including phenoxy) is 1. The van der Waals surface area contributed by atoms with Gasteiger partial charge in [-0.05, 0) is 29.3 Å². The van der Waals surface area contributed by atoms with Crippen LogP contribution in [0.15, 0.2) is 22.8 Å². The molecule has 0 amide bonds. The highest BCUT2D eigenvalue weighted by Crippen LogP contribution is 2.21. The van der Waals surface area contributed by atoms with Crippen LogP contribution < -0.4 is 5.32 Å². The molecule has 1 N–H and O–H groups in total. The van der Waals surface area contributed by atoms with Gasteiger partial charge in [0.05, 0.1) is 12.0 Å². The number of hydrogen-bond donors (Lipinski definition) is 1. The topological polar surface area (TPSA) is 120 Å². The summed E-state index contributed by atoms with van der Waals surface area (Å²) in [7, 11) is 1.41. The molecule has 2 aromatic rings. The molecule has 1 unspecified atom stereocenters. The number of hydrogen-bond acceptors (Lipinski definition) is 8. The largest absolute Gasteiger partial charge is 0.468 e. The SMILES string of the molecule is COC(=O)C1CCN1.O=[N+]([O-])c1cccc2nonc12. The number of carbonyl (C=O) groups is 1. The summed E-state index contributed by atoms with van der Waals surface area (Å²) in [6, 6.07) is 4.47. The van der Waals surface area contributed by atoms with Gasteiger partial charge in [0.15, 0.2) is 0 Å². The van der Waals surface area contributed by atoms with E-state index in [1.807, 2.05) is 0 Å². The highest BCUT2D eigenvalue weighted by molar-refractivity contribution is 5.82. The van der Waals surface area contributed by atoms with Crippen LogP contribution >= 0.6 is 0 Å². The van der Waals surface area contributed by atoms with Gasteiger partial charge in [-0.25, -0.2) is 4.63 Å². The second-order valence-electron chi connectivity index (χ2n) is 3.98. The fourth-order valence-electron chi connectivity index (χ4n) is 1.57. The van der Waals surface area contributed by atoms with Crippen LogP contribution in [0.5, 0.6) is 0 Å². The molecule has 1 aliphatic heterocycles. The lowest BCUT2D eigenvalue weighted by Crippen LogP contribution is -2.48. The Kier molecular flexibility index (Phi) is 4.20. The minimum atomic E-state index is -0.521. The van der Waals surface area contributed by atoms with Gasteiger partial charge in [-0.15, -0.1) is 0 Å². The van der Waals surface area contributed by atoms with Crippen molar-refractivity contribution in [3.63, 3.8) is 0 Å². The first kappa shape index (κ1) is 13.9. The van der Waals surface area contributed by atoms with Crippen LogP contribution in [-0.2, 0) is 9.53 Å². The number of fused-ring (bicyclic) bond motifs is 1. The molecule has 1 aromatic heterocycles. The van der Waals surface area contributed by atoms with Gasteiger partial charge in [0.2, 0.25) is 5.52 Å². The molecule has 2 heterocycles. The smallest absolute Gasteiger partial charge is 0.322 e. The number of nitro benzene ring substituents is 1. The van der Waals surface area contributed by atoms with Crippen LogP contribution in [0.25, 0.3) is 11.0 Å². The van der Waals surface area contributed by atoms with E-state index in [1.165, 1.54) is 19.2 Å². The van der Waals surface area contributed by atoms with E-state index in [9.17, 15) is 14.9 Å². The number of nitrogens with one attached hydrogen (secondary N) is 1. The maximum Gasteiger partial charge on any atom is 0.322 e. The predicted molar refractivity (Wildman–Crippen MR) is 66.9 cm³/mol. The van der Waals surface area contributed by atoms with Crippen molar-refractivity contribution in [3.8, 4) is 0 Å². The Balaban J connectivity index is 0.000000160. The average Bonchev–Trinajstić information content (AvgIpc) is 2.85. The molecule has 1 aliphatic rings. The number of aromatic nitrogens is 2. The monoisotopic (exact) mass is 280 g/mol. The van der Waals surface area contributed by atoms with Crippen molar-refractivity contribution in [2.75, 3.05) is 13.7 Å². The minimum Gasteiger partial charge on any atom is -0.468 e. The van der Waals surface area contributed by atoms with Crippen molar-refractivity contribution in [2.45, 2.75) is 12.5 Å². The van der Waals surface area contributed by atoms with Crippen LogP contribution in [0.3, 0.4) is 0 Å². The summed E-state index contributed by atoms with van der Waals surface area (Å²) in [5.41, 5.74) is 0.487. The summed E-state index contributed by atoms with van der Waals surface area (Å²) >= 11 is 0. The summed E-state index contributed by atoms with van der Waals surface area (Å²) in [5, 5.41) is 20.2. The van der Waals surface area contributed by atoms with Gasteiger partial charge >= 0.3 is 11.7 Å². The average molecular weight is 280 g/mol. The van der Waals surface area contributed by atoms with E-state index in [0.29, 0.717) is 5.52 Å². The second kappa shape index (κ2) is 6.06. The first-order valence-electron chi connectivity index (χ1n) is 5.80. The van der Waals surface area contributed by atoms with Crippen molar-refractivity contribution in [1.82, 2.24) is 15.6 Å². The van der Waals surface area contributed by atoms with Crippen LogP contribution in [0, 0.1) is 10.1 Å². The molecule has 20 heavy (non-hydrogen) atoms. The second-order valence-corrected chi connectivity index (χ2v) is 3.98. The quantitative estimate of drug-likeness (QED) is 0.483. The Morgan fingerprint density at radius 1 is 1.55 bits per heavy atom. The van der Waals surface area contributed by atoms with E-state index in [-0.39, 0.29) is 23.2 Å². The first-order valence-corrected chi connectivity index (χ1v) is 5.80. The summed E-state index contributed by atoms with van der Waals surface area (Å²) in [5.74, 6) is -0.142. The van der Waals surface area contributed by atoms with Crippen LogP contribution in [0.2, 0.25) is 0 Å². The Morgan fingerprint density at radius 2 is 2.30 bits per heavy atom. The third-order valence-electron chi connectivity index (χ3n) is 2.77. The third-order valence-corrected chi connectivity index (χ3v) is 2.77. The molecular formula is C11H12N4O5. The van der Waals surface area contributed by atoms with E-state index in [2.05, 4.69) is 25.0 Å². The van der Waals surface area contributed by atoms with E-state index < -0.39 is 4.92 Å². The normalized spacial score (nSPS) is 16.8. The maximum absolute atomic E-state index is 10.5. The number of non-ortho nitro benzene ring substituents is 1. The fourth-order valence-corrected chi connectivity index (χ4v) is 1.57. The van der Waals surface area contributed by atoms with Crippen LogP contribution in [0.1, 0.15) is 6.42 Å². The Labute approximate surface area is 113 Å². The number of nitrogens with zero attached hydrogens (tertiary/aromatic N) is 3. The number of benzene rings is 1. The Bertz CT molecular complexity index is 622. The summed E-state index contributed by atoms with van der Waals surface area (Å²) in [6.45, 7) is 0.944. The summed E-state index contributed by atoms with van der Waals surface area (Å²) in [4.78, 5) is 20.4. The molecule has 9 nitrogen and oxygen atoms in total. The van der Waals surface area contributed by atoms with E-state index >= 15 is 0 Å². The number of carbonyl (C=O) groups excluding carboxylic acids is 1. The molecule has 9 heteroatoms. The zero-order chi connectivity index (χ0) is 14.5. The molecule has 0 bridgehead atoms. The van der Waals surface area contributed by atoms with Crippen molar-refractivity contribution in [1.29, 1.82) is 0 Å². The molecule has 0 saturated carbocycles. The maximum atomic E-state index is 10.5. The van der Waals surface area contributed by atoms with Gasteiger partial charge in [-0.1, -0.05) is 6.07 Å². The van der Waals surface area contributed by atoms with Crippen molar-refractivity contribution < 1.29 is 19.1 Å². The summed E-state index contributed by atoms with van der Waals surface area (Å²) in [6.07, 6.45) is 0.923. The van der Waals surface area contributed by atoms with Crippen LogP contribution in [0.4, 0.5) is 5.69 Å². The molecule has 1 saturated heterocycles. The number of nitro groups is 1.